The van der Waals surface area contributed by atoms with E-state index in [1.807, 2.05) is 25.1 Å². The molecule has 0 amide bonds. The van der Waals surface area contributed by atoms with Gasteiger partial charge in [0.25, 0.3) is 0 Å². The van der Waals surface area contributed by atoms with E-state index in [1.54, 1.807) is 13.2 Å². The fourth-order valence-corrected chi connectivity index (χ4v) is 1.52. The molecule has 0 aliphatic carbocycles. The predicted octanol–water partition coefficient (Wildman–Crippen LogP) is 1.80. The number of nitrogens with zero attached hydrogens (tertiary/aromatic N) is 1. The molecule has 2 rings (SSSR count). The van der Waals surface area contributed by atoms with Crippen molar-refractivity contribution < 1.29 is 9.57 Å². The third kappa shape index (κ3) is 1.71. The average Bonchev–Trinajstić information content (AvgIpc) is 2.27. The van der Waals surface area contributed by atoms with Crippen LogP contribution in [0.15, 0.2) is 24.3 Å². The van der Waals surface area contributed by atoms with Crippen molar-refractivity contribution in [2.24, 2.45) is 5.90 Å². The van der Waals surface area contributed by atoms with E-state index in [4.69, 9.17) is 15.5 Å². The fourth-order valence-electron chi connectivity index (χ4n) is 1.52. The second-order valence-electron chi connectivity index (χ2n) is 3.26. The van der Waals surface area contributed by atoms with Crippen molar-refractivity contribution >= 4 is 10.9 Å². The van der Waals surface area contributed by atoms with E-state index in [-0.39, 0.29) is 0 Å². The lowest BCUT2D eigenvalue weighted by molar-refractivity contribution is 0.338. The quantitative estimate of drug-likeness (QED) is 0.758. The minimum atomic E-state index is 0.608. The molecule has 0 bridgehead atoms. The van der Waals surface area contributed by atoms with Crippen LogP contribution in [0.2, 0.25) is 0 Å². The molecule has 2 aromatic rings. The summed E-state index contributed by atoms with van der Waals surface area (Å²) >= 11 is 0. The molecule has 1 aromatic heterocycles. The highest BCUT2D eigenvalue weighted by molar-refractivity contribution is 5.86. The standard InChI is InChI=1S/C11H12N2O2/c1-7-5-11(15-12)9-6-8(14-2)3-4-10(9)13-7/h3-6H,12H2,1-2H3. The number of rotatable bonds is 2. The summed E-state index contributed by atoms with van der Waals surface area (Å²) in [6, 6.07) is 7.38. The number of nitrogens with two attached hydrogens (primary N) is 1. The van der Waals surface area contributed by atoms with Crippen molar-refractivity contribution in [1.82, 2.24) is 4.98 Å². The van der Waals surface area contributed by atoms with Crippen LogP contribution in [0.1, 0.15) is 5.69 Å². The third-order valence-corrected chi connectivity index (χ3v) is 2.23. The third-order valence-electron chi connectivity index (χ3n) is 2.23. The molecule has 1 heterocycles. The Morgan fingerprint density at radius 2 is 2.07 bits per heavy atom. The van der Waals surface area contributed by atoms with Crippen LogP contribution in [0.3, 0.4) is 0 Å². The Morgan fingerprint density at radius 3 is 2.73 bits per heavy atom. The zero-order chi connectivity index (χ0) is 10.8. The van der Waals surface area contributed by atoms with E-state index in [0.29, 0.717) is 5.75 Å². The number of aromatic nitrogens is 1. The number of pyridine rings is 1. The van der Waals surface area contributed by atoms with Crippen LogP contribution in [0.5, 0.6) is 11.5 Å². The maximum atomic E-state index is 5.21. The first-order valence-corrected chi connectivity index (χ1v) is 4.56. The van der Waals surface area contributed by atoms with Gasteiger partial charge in [-0.05, 0) is 25.1 Å². The van der Waals surface area contributed by atoms with Gasteiger partial charge in [0.05, 0.1) is 12.6 Å². The number of hydrogen-bond acceptors (Lipinski definition) is 4. The first kappa shape index (κ1) is 9.73. The summed E-state index contributed by atoms with van der Waals surface area (Å²) in [5.41, 5.74) is 1.71. The van der Waals surface area contributed by atoms with Crippen LogP contribution in [0.25, 0.3) is 10.9 Å². The largest absolute Gasteiger partial charge is 0.497 e. The normalized spacial score (nSPS) is 10.3. The molecule has 0 saturated heterocycles. The number of fused-ring (bicyclic) bond motifs is 1. The molecule has 4 nitrogen and oxygen atoms in total. The van der Waals surface area contributed by atoms with Gasteiger partial charge in [-0.15, -0.1) is 0 Å². The maximum absolute atomic E-state index is 5.21. The summed E-state index contributed by atoms with van der Waals surface area (Å²) in [5, 5.41) is 0.849. The van der Waals surface area contributed by atoms with Crippen molar-refractivity contribution in [3.05, 3.63) is 30.0 Å². The Labute approximate surface area is 87.6 Å². The summed E-state index contributed by atoms with van der Waals surface area (Å²) in [4.78, 5) is 9.18. The molecular weight excluding hydrogens is 192 g/mol. The van der Waals surface area contributed by atoms with Crippen LogP contribution in [-0.2, 0) is 0 Å². The van der Waals surface area contributed by atoms with Crippen LogP contribution in [0.4, 0.5) is 0 Å². The second kappa shape index (κ2) is 3.74. The molecule has 0 spiro atoms. The van der Waals surface area contributed by atoms with Gasteiger partial charge in [-0.3, -0.25) is 4.98 Å². The Balaban J connectivity index is 2.73. The van der Waals surface area contributed by atoms with Gasteiger partial charge < -0.3 is 9.57 Å². The molecule has 0 fully saturated rings. The molecule has 0 radical (unpaired) electrons. The Bertz CT molecular complexity index is 497. The monoisotopic (exact) mass is 204 g/mol. The van der Waals surface area contributed by atoms with E-state index in [2.05, 4.69) is 4.98 Å². The van der Waals surface area contributed by atoms with Crippen LogP contribution in [-0.4, -0.2) is 12.1 Å². The van der Waals surface area contributed by atoms with Gasteiger partial charge in [0.1, 0.15) is 5.75 Å². The lowest BCUT2D eigenvalue weighted by Gasteiger charge is -2.07. The number of aryl methyl sites for hydroxylation is 1. The van der Waals surface area contributed by atoms with Gasteiger partial charge in [0.2, 0.25) is 0 Å². The molecule has 1 aromatic carbocycles. The number of methoxy groups -OCH3 is 1. The molecule has 0 atom stereocenters. The molecule has 4 heteroatoms. The van der Waals surface area contributed by atoms with Crippen LogP contribution >= 0.6 is 0 Å². The highest BCUT2D eigenvalue weighted by Crippen LogP contribution is 2.28. The fraction of sp³-hybridized carbons (Fsp3) is 0.182. The Hall–Kier alpha value is -1.81. The van der Waals surface area contributed by atoms with Gasteiger partial charge in [0.15, 0.2) is 5.75 Å². The number of benzene rings is 1. The Morgan fingerprint density at radius 1 is 1.27 bits per heavy atom. The van der Waals surface area contributed by atoms with Crippen molar-refractivity contribution in [3.8, 4) is 11.5 Å². The average molecular weight is 204 g/mol. The lowest BCUT2D eigenvalue weighted by atomic mass is 10.2. The molecule has 78 valence electrons. The van der Waals surface area contributed by atoms with E-state index < -0.39 is 0 Å². The first-order chi connectivity index (χ1) is 7.24. The number of hydrogen-bond donors (Lipinski definition) is 1. The summed E-state index contributed by atoms with van der Waals surface area (Å²) < 4.78 is 5.13. The molecular formula is C11H12N2O2. The van der Waals surface area contributed by atoms with Crippen molar-refractivity contribution in [2.75, 3.05) is 7.11 Å². The summed E-state index contributed by atoms with van der Waals surface area (Å²) in [7, 11) is 1.62. The molecule has 0 aliphatic rings. The minimum absolute atomic E-state index is 0.608. The maximum Gasteiger partial charge on any atom is 0.158 e. The highest BCUT2D eigenvalue weighted by atomic mass is 16.6. The first-order valence-electron chi connectivity index (χ1n) is 4.56. The zero-order valence-corrected chi connectivity index (χ0v) is 8.65. The van der Waals surface area contributed by atoms with Crippen molar-refractivity contribution in [1.29, 1.82) is 0 Å². The van der Waals surface area contributed by atoms with Crippen molar-refractivity contribution in [3.63, 3.8) is 0 Å². The van der Waals surface area contributed by atoms with Crippen LogP contribution < -0.4 is 15.5 Å². The second-order valence-corrected chi connectivity index (χ2v) is 3.26. The van der Waals surface area contributed by atoms with Gasteiger partial charge in [-0.25, -0.2) is 0 Å². The van der Waals surface area contributed by atoms with Gasteiger partial charge in [-0.2, -0.15) is 5.90 Å². The van der Waals surface area contributed by atoms with E-state index in [1.165, 1.54) is 0 Å². The van der Waals surface area contributed by atoms with E-state index >= 15 is 0 Å². The molecule has 2 N–H and O–H groups in total. The van der Waals surface area contributed by atoms with Gasteiger partial charge >= 0.3 is 0 Å². The van der Waals surface area contributed by atoms with Crippen molar-refractivity contribution in [2.45, 2.75) is 6.92 Å². The SMILES string of the molecule is COc1ccc2nc(C)cc(ON)c2c1. The topological polar surface area (TPSA) is 57.4 Å². The summed E-state index contributed by atoms with van der Waals surface area (Å²) in [6.45, 7) is 1.90. The highest BCUT2D eigenvalue weighted by Gasteiger charge is 2.05. The molecule has 0 unspecified atom stereocenters. The lowest BCUT2D eigenvalue weighted by Crippen LogP contribution is -2.03. The van der Waals surface area contributed by atoms with Gasteiger partial charge in [0, 0.05) is 17.1 Å². The molecule has 0 aliphatic heterocycles. The predicted molar refractivity (Wildman–Crippen MR) is 57.8 cm³/mol. The smallest absolute Gasteiger partial charge is 0.158 e. The van der Waals surface area contributed by atoms with Gasteiger partial charge in [-0.1, -0.05) is 0 Å². The Kier molecular flexibility index (Phi) is 2.43. The minimum Gasteiger partial charge on any atom is -0.497 e. The zero-order valence-electron chi connectivity index (χ0n) is 8.65. The van der Waals surface area contributed by atoms with Crippen LogP contribution in [0, 0.1) is 6.92 Å². The summed E-state index contributed by atoms with van der Waals surface area (Å²) in [6.07, 6.45) is 0. The van der Waals surface area contributed by atoms with E-state index in [0.717, 1.165) is 22.3 Å². The molecule has 15 heavy (non-hydrogen) atoms. The number of ether oxygens (including phenoxy) is 1. The molecule has 0 saturated carbocycles. The van der Waals surface area contributed by atoms with E-state index in [9.17, 15) is 0 Å². The summed E-state index contributed by atoms with van der Waals surface area (Å²) in [5.74, 6) is 6.57.